The first-order valence-corrected chi connectivity index (χ1v) is 9.88. The van der Waals surface area contributed by atoms with E-state index in [1.165, 1.54) is 4.90 Å². The van der Waals surface area contributed by atoms with Gasteiger partial charge in [-0.2, -0.15) is 0 Å². The van der Waals surface area contributed by atoms with E-state index in [-0.39, 0.29) is 37.4 Å². The number of ether oxygens (including phenoxy) is 3. The van der Waals surface area contributed by atoms with Gasteiger partial charge in [0.05, 0.1) is 6.04 Å². The summed E-state index contributed by atoms with van der Waals surface area (Å²) in [7, 11) is 0. The van der Waals surface area contributed by atoms with Crippen LogP contribution in [0.15, 0.2) is 30.3 Å². The minimum atomic E-state index is -0.566. The van der Waals surface area contributed by atoms with Gasteiger partial charge in [0.25, 0.3) is 0 Å². The van der Waals surface area contributed by atoms with Crippen LogP contribution in [0.25, 0.3) is 0 Å². The maximum absolute atomic E-state index is 12.8. The van der Waals surface area contributed by atoms with Crippen LogP contribution in [0.5, 0.6) is 0 Å². The third-order valence-electron chi connectivity index (χ3n) is 4.95. The van der Waals surface area contributed by atoms with Gasteiger partial charge >= 0.3 is 6.09 Å². The van der Waals surface area contributed by atoms with Gasteiger partial charge in [0, 0.05) is 18.9 Å². The summed E-state index contributed by atoms with van der Waals surface area (Å²) in [5, 5.41) is 0. The van der Waals surface area contributed by atoms with Crippen LogP contribution in [0.4, 0.5) is 4.79 Å². The molecule has 0 aromatic heterocycles. The van der Waals surface area contributed by atoms with E-state index >= 15 is 0 Å². The Balaban J connectivity index is 1.48. The van der Waals surface area contributed by atoms with E-state index in [1.54, 1.807) is 6.92 Å². The number of nitrogens with zero attached hydrogens (tertiary/aromatic N) is 1. The molecule has 0 radical (unpaired) electrons. The van der Waals surface area contributed by atoms with Crippen LogP contribution in [0.3, 0.4) is 0 Å². The Kier molecular flexibility index (Phi) is 7.46. The van der Waals surface area contributed by atoms with Crippen LogP contribution in [0.1, 0.15) is 38.2 Å². The molecule has 6 heteroatoms. The van der Waals surface area contributed by atoms with E-state index in [0.717, 1.165) is 31.4 Å². The first kappa shape index (κ1) is 20.4. The molecule has 3 rings (SSSR count). The first-order chi connectivity index (χ1) is 13.6. The number of imide groups is 1. The van der Waals surface area contributed by atoms with Gasteiger partial charge in [-0.25, -0.2) is 9.69 Å². The number of rotatable bonds is 6. The number of carbonyl (C=O) groups is 2. The van der Waals surface area contributed by atoms with Crippen molar-refractivity contribution in [2.45, 2.75) is 51.4 Å². The third kappa shape index (κ3) is 5.57. The Morgan fingerprint density at radius 3 is 2.86 bits per heavy atom. The quantitative estimate of drug-likeness (QED) is 0.704. The molecule has 2 aliphatic heterocycles. The van der Waals surface area contributed by atoms with E-state index in [9.17, 15) is 9.59 Å². The maximum atomic E-state index is 12.8. The second-order valence-electron chi connectivity index (χ2n) is 7.19. The molecule has 2 heterocycles. The Labute approximate surface area is 166 Å². The van der Waals surface area contributed by atoms with Crippen LogP contribution < -0.4 is 0 Å². The maximum Gasteiger partial charge on any atom is 0.416 e. The zero-order chi connectivity index (χ0) is 19.8. The lowest BCUT2D eigenvalue weighted by Gasteiger charge is -2.22. The van der Waals surface area contributed by atoms with E-state index < -0.39 is 6.09 Å². The number of hydrogen-bond donors (Lipinski definition) is 0. The Bertz CT molecular complexity index is 717. The standard InChI is InChI=1S/C22H27NO5/c1-17(9-5-7-13-26-20-12-6-8-14-27-20)21(24)23-19(16-28-22(23)25)15-18-10-3-2-4-11-18/h2-4,10-11,17,19-20H,6,8-9,12-16H2,1H3/t17-,19+,20?/m1/s1. The van der Waals surface area contributed by atoms with Gasteiger partial charge in [0.15, 0.2) is 6.29 Å². The Morgan fingerprint density at radius 1 is 1.29 bits per heavy atom. The van der Waals surface area contributed by atoms with E-state index in [4.69, 9.17) is 14.2 Å². The van der Waals surface area contributed by atoms with Crippen molar-refractivity contribution >= 4 is 12.0 Å². The summed E-state index contributed by atoms with van der Waals surface area (Å²) in [6.45, 7) is 3.04. The predicted molar refractivity (Wildman–Crippen MR) is 103 cm³/mol. The Morgan fingerprint density at radius 2 is 2.11 bits per heavy atom. The smallest absolute Gasteiger partial charge is 0.416 e. The molecule has 1 aromatic carbocycles. The molecule has 150 valence electrons. The average molecular weight is 385 g/mol. The topological polar surface area (TPSA) is 65.1 Å². The second-order valence-corrected chi connectivity index (χ2v) is 7.19. The molecule has 1 unspecified atom stereocenters. The molecule has 28 heavy (non-hydrogen) atoms. The molecule has 0 spiro atoms. The lowest BCUT2D eigenvalue weighted by molar-refractivity contribution is -0.154. The molecule has 2 amide bonds. The number of benzene rings is 1. The van der Waals surface area contributed by atoms with Crippen molar-refractivity contribution in [1.29, 1.82) is 0 Å². The van der Waals surface area contributed by atoms with E-state index in [2.05, 4.69) is 11.8 Å². The van der Waals surface area contributed by atoms with Crippen LogP contribution in [-0.4, -0.2) is 49.1 Å². The van der Waals surface area contributed by atoms with Gasteiger partial charge in [-0.05, 0) is 31.2 Å². The molecule has 2 saturated heterocycles. The number of hydrogen-bond acceptors (Lipinski definition) is 5. The zero-order valence-electron chi connectivity index (χ0n) is 16.3. The van der Waals surface area contributed by atoms with Crippen molar-refractivity contribution < 1.29 is 23.8 Å². The second kappa shape index (κ2) is 10.3. The highest BCUT2D eigenvalue weighted by Crippen LogP contribution is 2.21. The molecule has 0 aliphatic carbocycles. The highest BCUT2D eigenvalue weighted by atomic mass is 16.7. The fourth-order valence-corrected chi connectivity index (χ4v) is 3.35. The van der Waals surface area contributed by atoms with Crippen LogP contribution >= 0.6 is 0 Å². The minimum Gasteiger partial charge on any atom is -0.447 e. The fraction of sp³-hybridized carbons (Fsp3) is 0.545. The average Bonchev–Trinajstić information content (AvgIpc) is 3.08. The van der Waals surface area contributed by atoms with Gasteiger partial charge < -0.3 is 14.2 Å². The summed E-state index contributed by atoms with van der Waals surface area (Å²) in [6.07, 6.45) is 3.32. The van der Waals surface area contributed by atoms with Crippen molar-refractivity contribution in [3.05, 3.63) is 35.9 Å². The van der Waals surface area contributed by atoms with Crippen molar-refractivity contribution in [2.75, 3.05) is 19.8 Å². The highest BCUT2D eigenvalue weighted by Gasteiger charge is 2.39. The Hall–Kier alpha value is -2.36. The van der Waals surface area contributed by atoms with Gasteiger partial charge in [0.2, 0.25) is 5.91 Å². The van der Waals surface area contributed by atoms with Crippen molar-refractivity contribution in [2.24, 2.45) is 5.92 Å². The van der Waals surface area contributed by atoms with Gasteiger partial charge in [-0.15, -0.1) is 5.92 Å². The molecular formula is C22H27NO5. The summed E-state index contributed by atoms with van der Waals surface area (Å²) in [5.74, 6) is 5.28. The van der Waals surface area contributed by atoms with Crippen LogP contribution in [0, 0.1) is 17.8 Å². The van der Waals surface area contributed by atoms with E-state index in [1.807, 2.05) is 30.3 Å². The lowest BCUT2D eigenvalue weighted by Crippen LogP contribution is -2.42. The van der Waals surface area contributed by atoms with Crippen molar-refractivity contribution in [3.8, 4) is 11.8 Å². The SMILES string of the molecule is C[C@H](CC#CCOC1CCCCO1)C(=O)N1C(=O)OC[C@@H]1Cc1ccccc1. The number of carbonyl (C=O) groups excluding carboxylic acids is 2. The highest BCUT2D eigenvalue weighted by molar-refractivity contribution is 5.94. The van der Waals surface area contributed by atoms with Crippen LogP contribution in [-0.2, 0) is 25.4 Å². The lowest BCUT2D eigenvalue weighted by atomic mass is 10.0. The minimum absolute atomic E-state index is 0.166. The summed E-state index contributed by atoms with van der Waals surface area (Å²) in [4.78, 5) is 26.1. The van der Waals surface area contributed by atoms with Crippen LogP contribution in [0.2, 0.25) is 0 Å². The van der Waals surface area contributed by atoms with Crippen molar-refractivity contribution in [1.82, 2.24) is 4.90 Å². The zero-order valence-corrected chi connectivity index (χ0v) is 16.3. The molecule has 0 saturated carbocycles. The molecule has 3 atom stereocenters. The summed E-state index contributed by atoms with van der Waals surface area (Å²) >= 11 is 0. The molecule has 0 bridgehead atoms. The summed E-state index contributed by atoms with van der Waals surface area (Å²) in [5.41, 5.74) is 1.07. The van der Waals surface area contributed by atoms with Gasteiger partial charge in [0.1, 0.15) is 13.2 Å². The third-order valence-corrected chi connectivity index (χ3v) is 4.95. The predicted octanol–water partition coefficient (Wildman–Crippen LogP) is 3.15. The van der Waals surface area contributed by atoms with Gasteiger partial charge in [-0.3, -0.25) is 4.79 Å². The monoisotopic (exact) mass is 385 g/mol. The number of amides is 2. The molecule has 1 aromatic rings. The molecule has 2 aliphatic rings. The number of cyclic esters (lactones) is 1. The summed E-state index contributed by atoms with van der Waals surface area (Å²) < 4.78 is 16.2. The van der Waals surface area contributed by atoms with Gasteiger partial charge in [-0.1, -0.05) is 43.2 Å². The molecule has 6 nitrogen and oxygen atoms in total. The normalized spacial score (nSPS) is 22.9. The molecule has 0 N–H and O–H groups in total. The fourth-order valence-electron chi connectivity index (χ4n) is 3.35. The first-order valence-electron chi connectivity index (χ1n) is 9.88. The van der Waals surface area contributed by atoms with Crippen molar-refractivity contribution in [3.63, 3.8) is 0 Å². The molecular weight excluding hydrogens is 358 g/mol. The summed E-state index contributed by atoms with van der Waals surface area (Å²) in [6, 6.07) is 9.51. The largest absolute Gasteiger partial charge is 0.447 e. The van der Waals surface area contributed by atoms with E-state index in [0.29, 0.717) is 12.8 Å². The molecule has 2 fully saturated rings.